The van der Waals surface area contributed by atoms with E-state index in [0.29, 0.717) is 5.56 Å². The molecule has 1 aromatic rings. The molecule has 0 aromatic heterocycles. The van der Waals surface area contributed by atoms with Crippen molar-refractivity contribution in [2.24, 2.45) is 5.16 Å². The minimum atomic E-state index is -0.850. The molecular formula is C10H8Cl2FNO2. The van der Waals surface area contributed by atoms with Gasteiger partial charge >= 0.3 is 5.97 Å². The van der Waals surface area contributed by atoms with Crippen LogP contribution in [0.3, 0.4) is 0 Å². The zero-order valence-electron chi connectivity index (χ0n) is 8.28. The average molecular weight is 264 g/mol. The molecule has 0 aliphatic heterocycles. The van der Waals surface area contributed by atoms with Crippen LogP contribution in [-0.4, -0.2) is 11.1 Å². The van der Waals surface area contributed by atoms with E-state index >= 15 is 0 Å². The molecule has 0 aliphatic rings. The monoisotopic (exact) mass is 263 g/mol. The molecule has 0 saturated carbocycles. The van der Waals surface area contributed by atoms with Crippen molar-refractivity contribution in [2.75, 3.05) is 0 Å². The molecule has 16 heavy (non-hydrogen) atoms. The molecule has 0 bridgehead atoms. The SMILES string of the molecule is CC(=O)O/N=C(\Cl)C(Cl)c1cccc(F)c1. The van der Waals surface area contributed by atoms with Crippen LogP contribution in [0.1, 0.15) is 17.9 Å². The Morgan fingerprint density at radius 2 is 2.25 bits per heavy atom. The van der Waals surface area contributed by atoms with Crippen molar-refractivity contribution < 1.29 is 14.0 Å². The quantitative estimate of drug-likeness (QED) is 0.364. The van der Waals surface area contributed by atoms with Crippen LogP contribution in [0.15, 0.2) is 29.4 Å². The lowest BCUT2D eigenvalue weighted by Crippen LogP contribution is -2.03. The molecule has 0 saturated heterocycles. The minimum Gasteiger partial charge on any atom is -0.317 e. The largest absolute Gasteiger partial charge is 0.332 e. The third-order valence-corrected chi connectivity index (χ3v) is 2.47. The molecule has 0 spiro atoms. The Labute approximate surface area is 102 Å². The van der Waals surface area contributed by atoms with Crippen molar-refractivity contribution in [2.45, 2.75) is 12.3 Å². The number of oxime groups is 1. The van der Waals surface area contributed by atoms with E-state index in [-0.39, 0.29) is 5.17 Å². The first-order chi connectivity index (χ1) is 7.50. The molecule has 3 nitrogen and oxygen atoms in total. The Kier molecular flexibility index (Phi) is 4.71. The highest BCUT2D eigenvalue weighted by atomic mass is 35.5. The number of rotatable bonds is 3. The summed E-state index contributed by atoms with van der Waals surface area (Å²) in [6, 6.07) is 5.59. The predicted molar refractivity (Wildman–Crippen MR) is 60.0 cm³/mol. The summed E-state index contributed by atoms with van der Waals surface area (Å²) in [5, 5.41) is 2.32. The summed E-state index contributed by atoms with van der Waals surface area (Å²) in [6.07, 6.45) is 0. The molecule has 0 heterocycles. The van der Waals surface area contributed by atoms with Crippen LogP contribution in [0.2, 0.25) is 0 Å². The summed E-state index contributed by atoms with van der Waals surface area (Å²) in [6.45, 7) is 1.18. The van der Waals surface area contributed by atoms with E-state index in [9.17, 15) is 9.18 Å². The van der Waals surface area contributed by atoms with Crippen molar-refractivity contribution in [1.29, 1.82) is 0 Å². The predicted octanol–water partition coefficient (Wildman–Crippen LogP) is 3.22. The number of hydrogen-bond acceptors (Lipinski definition) is 3. The highest BCUT2D eigenvalue weighted by Gasteiger charge is 2.15. The second-order valence-corrected chi connectivity index (χ2v) is 3.74. The number of carbonyl (C=O) groups is 1. The lowest BCUT2D eigenvalue weighted by atomic mass is 10.1. The van der Waals surface area contributed by atoms with Crippen LogP contribution in [0.25, 0.3) is 0 Å². The molecular weight excluding hydrogens is 256 g/mol. The number of alkyl halides is 1. The average Bonchev–Trinajstić information content (AvgIpc) is 2.24. The lowest BCUT2D eigenvalue weighted by Gasteiger charge is -2.06. The van der Waals surface area contributed by atoms with Crippen LogP contribution < -0.4 is 0 Å². The zero-order chi connectivity index (χ0) is 12.1. The van der Waals surface area contributed by atoms with Crippen LogP contribution in [0.5, 0.6) is 0 Å². The first-order valence-corrected chi connectivity index (χ1v) is 5.12. The number of benzene rings is 1. The third-order valence-electron chi connectivity index (χ3n) is 1.61. The van der Waals surface area contributed by atoms with E-state index in [4.69, 9.17) is 23.2 Å². The fourth-order valence-corrected chi connectivity index (χ4v) is 1.29. The fraction of sp³-hybridized carbons (Fsp3) is 0.200. The Balaban J connectivity index is 2.81. The van der Waals surface area contributed by atoms with Gasteiger partial charge in [-0.3, -0.25) is 0 Å². The standard InChI is InChI=1S/C10H8Cl2FNO2/c1-6(15)16-14-10(12)9(11)7-3-2-4-8(13)5-7/h2-5,9H,1H3/b14-10-. The molecule has 0 amide bonds. The van der Waals surface area contributed by atoms with Gasteiger partial charge in [0.2, 0.25) is 0 Å². The van der Waals surface area contributed by atoms with Gasteiger partial charge in [-0.2, -0.15) is 0 Å². The summed E-state index contributed by atoms with van der Waals surface area (Å²) in [7, 11) is 0. The van der Waals surface area contributed by atoms with E-state index in [1.54, 1.807) is 6.07 Å². The van der Waals surface area contributed by atoms with E-state index < -0.39 is 17.2 Å². The lowest BCUT2D eigenvalue weighted by molar-refractivity contribution is -0.140. The fourth-order valence-electron chi connectivity index (χ4n) is 0.956. The Bertz CT molecular complexity index is 423. The highest BCUT2D eigenvalue weighted by molar-refractivity contribution is 6.70. The van der Waals surface area contributed by atoms with Gasteiger partial charge in [0.05, 0.1) is 0 Å². The maximum Gasteiger partial charge on any atom is 0.332 e. The maximum absolute atomic E-state index is 12.9. The topological polar surface area (TPSA) is 38.7 Å². The number of carbonyl (C=O) groups excluding carboxylic acids is 1. The van der Waals surface area contributed by atoms with Crippen molar-refractivity contribution >= 4 is 34.3 Å². The van der Waals surface area contributed by atoms with Gasteiger partial charge in [0.25, 0.3) is 0 Å². The van der Waals surface area contributed by atoms with Gasteiger partial charge in [0.15, 0.2) is 5.17 Å². The number of nitrogens with zero attached hydrogens (tertiary/aromatic N) is 1. The number of halogens is 3. The Morgan fingerprint density at radius 1 is 1.56 bits per heavy atom. The smallest absolute Gasteiger partial charge is 0.317 e. The Morgan fingerprint density at radius 3 is 2.81 bits per heavy atom. The molecule has 1 rings (SSSR count). The van der Waals surface area contributed by atoms with Gasteiger partial charge in [-0.05, 0) is 17.7 Å². The second-order valence-electron chi connectivity index (χ2n) is 2.91. The van der Waals surface area contributed by atoms with Gasteiger partial charge in [0.1, 0.15) is 11.2 Å². The summed E-state index contributed by atoms with van der Waals surface area (Å²) < 4.78 is 12.9. The van der Waals surface area contributed by atoms with Crippen LogP contribution in [0.4, 0.5) is 4.39 Å². The van der Waals surface area contributed by atoms with E-state index in [2.05, 4.69) is 9.99 Å². The van der Waals surface area contributed by atoms with E-state index in [1.165, 1.54) is 25.1 Å². The van der Waals surface area contributed by atoms with Gasteiger partial charge in [0, 0.05) is 6.92 Å². The van der Waals surface area contributed by atoms with Gasteiger partial charge in [-0.1, -0.05) is 28.9 Å². The second kappa shape index (κ2) is 5.82. The van der Waals surface area contributed by atoms with Crippen molar-refractivity contribution in [3.05, 3.63) is 35.6 Å². The Hall–Kier alpha value is -1.13. The number of hydrogen-bond donors (Lipinski definition) is 0. The van der Waals surface area contributed by atoms with Gasteiger partial charge in [-0.15, -0.1) is 11.6 Å². The molecule has 1 atom stereocenters. The first kappa shape index (κ1) is 12.9. The zero-order valence-corrected chi connectivity index (χ0v) is 9.80. The van der Waals surface area contributed by atoms with E-state index in [0.717, 1.165) is 0 Å². The molecule has 0 fully saturated rings. The summed E-state index contributed by atoms with van der Waals surface area (Å²) in [5.74, 6) is -1.04. The molecule has 0 N–H and O–H groups in total. The maximum atomic E-state index is 12.9. The van der Waals surface area contributed by atoms with Crippen LogP contribution >= 0.6 is 23.2 Å². The van der Waals surface area contributed by atoms with Gasteiger partial charge < -0.3 is 4.84 Å². The molecule has 1 unspecified atom stereocenters. The molecule has 1 aromatic carbocycles. The summed E-state index contributed by atoms with van der Waals surface area (Å²) in [5.41, 5.74) is 0.433. The summed E-state index contributed by atoms with van der Waals surface area (Å²) in [4.78, 5) is 14.8. The van der Waals surface area contributed by atoms with Crippen molar-refractivity contribution in [3.63, 3.8) is 0 Å². The molecule has 0 radical (unpaired) electrons. The normalized spacial score (nSPS) is 13.4. The van der Waals surface area contributed by atoms with E-state index in [1.807, 2.05) is 0 Å². The van der Waals surface area contributed by atoms with Crippen molar-refractivity contribution in [3.8, 4) is 0 Å². The molecule has 6 heteroatoms. The summed E-state index contributed by atoms with van der Waals surface area (Å²) >= 11 is 11.6. The van der Waals surface area contributed by atoms with Gasteiger partial charge in [-0.25, -0.2) is 9.18 Å². The van der Waals surface area contributed by atoms with Crippen LogP contribution in [0, 0.1) is 5.82 Å². The highest BCUT2D eigenvalue weighted by Crippen LogP contribution is 2.24. The minimum absolute atomic E-state index is 0.137. The third kappa shape index (κ3) is 3.79. The van der Waals surface area contributed by atoms with Crippen LogP contribution in [-0.2, 0) is 9.63 Å². The molecule has 0 aliphatic carbocycles. The molecule has 86 valence electrons. The van der Waals surface area contributed by atoms with Crippen molar-refractivity contribution in [1.82, 2.24) is 0 Å². The first-order valence-electron chi connectivity index (χ1n) is 4.31.